The van der Waals surface area contributed by atoms with Crippen LogP contribution in [0.3, 0.4) is 0 Å². The number of carboxylic acid groups (broad SMARTS) is 1. The molecule has 0 spiro atoms. The molecule has 0 aromatic heterocycles. The Morgan fingerprint density at radius 2 is 1.53 bits per heavy atom. The second kappa shape index (κ2) is 22.8. The van der Waals surface area contributed by atoms with E-state index in [1.54, 1.807) is 0 Å². The van der Waals surface area contributed by atoms with Crippen LogP contribution in [-0.2, 0) is 4.79 Å². The molecular weight excluding hydrogens is 232 g/mol. The van der Waals surface area contributed by atoms with Crippen molar-refractivity contribution in [1.29, 1.82) is 0 Å². The normalized spacial score (nSPS) is 4.60. The van der Waals surface area contributed by atoms with E-state index in [1.165, 1.54) is 0 Å². The van der Waals surface area contributed by atoms with Crippen LogP contribution in [0.4, 0.5) is 0 Å². The Bertz CT molecular complexity index is 342. The lowest BCUT2D eigenvalue weighted by Gasteiger charge is -1.63. The van der Waals surface area contributed by atoms with E-state index in [2.05, 4.69) is 55.2 Å². The summed E-state index contributed by atoms with van der Waals surface area (Å²) >= 11 is 0. The van der Waals surface area contributed by atoms with Gasteiger partial charge in [-0.05, 0) is 39.6 Å². The smallest absolute Gasteiger partial charge is 0.382 e. The van der Waals surface area contributed by atoms with Crippen LogP contribution in [0.2, 0.25) is 0 Å². The third kappa shape index (κ3) is 32.9. The summed E-state index contributed by atoms with van der Waals surface area (Å²) in [5.74, 6) is 9.51. The average Bonchev–Trinajstić information content (AvgIpc) is 2.28. The van der Waals surface area contributed by atoms with Gasteiger partial charge in [0.15, 0.2) is 0 Å². The van der Waals surface area contributed by atoms with Crippen molar-refractivity contribution in [3.8, 4) is 34.9 Å². The third-order valence-corrected chi connectivity index (χ3v) is 0.857. The van der Waals surface area contributed by atoms with Crippen molar-refractivity contribution >= 4 is 27.6 Å². The largest absolute Gasteiger partial charge is 0.472 e. The molecule has 0 bridgehead atoms. The van der Waals surface area contributed by atoms with Gasteiger partial charge in [0.25, 0.3) is 0 Å². The molecule has 0 aliphatic carbocycles. The molecule has 0 saturated carbocycles. The van der Waals surface area contributed by atoms with Crippen molar-refractivity contribution in [3.05, 3.63) is 26.3 Å². The lowest BCUT2D eigenvalue weighted by atomic mass is 10.5. The minimum absolute atomic E-state index is 0.810. The number of hydrogen-bond acceptors (Lipinski definition) is 2. The molecule has 0 rings (SSSR count). The van der Waals surface area contributed by atoms with Crippen molar-refractivity contribution in [3.63, 3.8) is 0 Å². The molecule has 0 aliphatic rings. The first kappa shape index (κ1) is 18.9. The van der Waals surface area contributed by atoms with Crippen LogP contribution in [0.1, 0.15) is 0 Å². The standard InChI is InChI=1S/C7HClO2S.2C2H4/c8-11-6-4-2-1-3-5-7(9)10;2*1-2/h(H,9,10);2*1-2H2. The monoisotopic (exact) mass is 240 g/mol. The highest BCUT2D eigenvalue weighted by Gasteiger charge is 1.78. The molecule has 0 radical (unpaired) electrons. The van der Waals surface area contributed by atoms with Crippen LogP contribution in [0.5, 0.6) is 0 Å². The molecule has 0 aromatic rings. The van der Waals surface area contributed by atoms with Crippen LogP contribution in [0.15, 0.2) is 26.3 Å². The number of hydrogen-bond donors (Lipinski definition) is 1. The van der Waals surface area contributed by atoms with Gasteiger partial charge in [-0.15, -0.1) is 26.3 Å². The molecule has 0 saturated heterocycles. The molecule has 0 fully saturated rings. The molecule has 2 nitrogen and oxygen atoms in total. The Kier molecular flexibility index (Phi) is 28.8. The molecule has 4 heteroatoms. The maximum atomic E-state index is 9.79. The van der Waals surface area contributed by atoms with Crippen LogP contribution in [0.25, 0.3) is 0 Å². The molecule has 15 heavy (non-hydrogen) atoms. The second-order valence-corrected chi connectivity index (χ2v) is 1.93. The van der Waals surface area contributed by atoms with Gasteiger partial charge in [0.2, 0.25) is 0 Å². The predicted molar refractivity (Wildman–Crippen MR) is 66.9 cm³/mol. The lowest BCUT2D eigenvalue weighted by molar-refractivity contribution is -0.130. The first-order chi connectivity index (χ1) is 7.27. The van der Waals surface area contributed by atoms with Gasteiger partial charge in [-0.25, -0.2) is 4.79 Å². The molecule has 0 unspecified atom stereocenters. The first-order valence-electron chi connectivity index (χ1n) is 3.29. The van der Waals surface area contributed by atoms with E-state index >= 15 is 0 Å². The highest BCUT2D eigenvalue weighted by atomic mass is 35.7. The van der Waals surface area contributed by atoms with Gasteiger partial charge < -0.3 is 5.11 Å². The van der Waals surface area contributed by atoms with Gasteiger partial charge in [-0.1, -0.05) is 0 Å². The highest BCUT2D eigenvalue weighted by Crippen LogP contribution is 1.99. The summed E-state index contributed by atoms with van der Waals surface area (Å²) in [5.41, 5.74) is 0. The van der Waals surface area contributed by atoms with E-state index in [0.717, 1.165) is 11.0 Å². The summed E-state index contributed by atoms with van der Waals surface area (Å²) < 4.78 is 0. The van der Waals surface area contributed by atoms with Crippen LogP contribution in [-0.4, -0.2) is 11.1 Å². The van der Waals surface area contributed by atoms with E-state index in [1.807, 2.05) is 5.92 Å². The lowest BCUT2D eigenvalue weighted by Crippen LogP contribution is -1.85. The minimum Gasteiger partial charge on any atom is -0.472 e. The summed E-state index contributed by atoms with van der Waals surface area (Å²) in [6.45, 7) is 12.0. The Hall–Kier alpha value is -1.73. The van der Waals surface area contributed by atoms with Gasteiger partial charge >= 0.3 is 5.97 Å². The average molecular weight is 241 g/mol. The van der Waals surface area contributed by atoms with Crippen LogP contribution in [0, 0.1) is 34.9 Å². The number of aliphatic carboxylic acids is 1. The molecule has 78 valence electrons. The summed E-state index contributed by atoms with van der Waals surface area (Å²) in [5, 5.41) is 10.4. The molecule has 0 heterocycles. The zero-order valence-corrected chi connectivity index (χ0v) is 9.54. The summed E-state index contributed by atoms with van der Waals surface area (Å²) in [7, 11) is 5.92. The second-order valence-electron chi connectivity index (χ2n) is 1.11. The van der Waals surface area contributed by atoms with Crippen LogP contribution >= 0.6 is 21.7 Å². The van der Waals surface area contributed by atoms with E-state index in [9.17, 15) is 4.79 Å². The SMILES string of the molecule is C=C.C=C.O=C(O)C#CC#CC#CSCl. The zero-order valence-electron chi connectivity index (χ0n) is 7.97. The number of carbonyl (C=O) groups is 1. The van der Waals surface area contributed by atoms with E-state index in [-0.39, 0.29) is 0 Å². The molecular formula is C11H9ClO2S. The Balaban J connectivity index is -0.000000318. The molecule has 1 N–H and O–H groups in total. The quantitative estimate of drug-likeness (QED) is 0.522. The third-order valence-electron chi connectivity index (χ3n) is 0.447. The number of carboxylic acids is 1. The fraction of sp³-hybridized carbons (Fsp3) is 0. The maximum Gasteiger partial charge on any atom is 0.382 e. The first-order valence-corrected chi connectivity index (χ1v) is 4.93. The summed E-state index contributed by atoms with van der Waals surface area (Å²) in [6, 6.07) is 0. The van der Waals surface area contributed by atoms with Gasteiger partial charge in [0.05, 0.1) is 0 Å². The van der Waals surface area contributed by atoms with Crippen molar-refractivity contribution in [2.24, 2.45) is 0 Å². The van der Waals surface area contributed by atoms with Crippen molar-refractivity contribution in [1.82, 2.24) is 0 Å². The minimum atomic E-state index is -1.21. The maximum absolute atomic E-state index is 9.79. The van der Waals surface area contributed by atoms with Gasteiger partial charge in [0.1, 0.15) is 0 Å². The van der Waals surface area contributed by atoms with Crippen molar-refractivity contribution in [2.45, 2.75) is 0 Å². The Morgan fingerprint density at radius 1 is 1.07 bits per heavy atom. The van der Waals surface area contributed by atoms with E-state index < -0.39 is 5.97 Å². The molecule has 0 aliphatic heterocycles. The topological polar surface area (TPSA) is 37.3 Å². The van der Waals surface area contributed by atoms with E-state index in [0.29, 0.717) is 0 Å². The fourth-order valence-corrected chi connectivity index (χ4v) is 0.397. The van der Waals surface area contributed by atoms with Gasteiger partial charge in [-0.3, -0.25) is 0 Å². The zero-order chi connectivity index (χ0) is 12.5. The van der Waals surface area contributed by atoms with Gasteiger partial charge in [0, 0.05) is 16.9 Å². The van der Waals surface area contributed by atoms with Crippen molar-refractivity contribution in [2.75, 3.05) is 0 Å². The number of rotatable bonds is 0. The van der Waals surface area contributed by atoms with Gasteiger partial charge in [-0.2, -0.15) is 0 Å². The Morgan fingerprint density at radius 3 is 1.93 bits per heavy atom. The molecule has 0 amide bonds. The summed E-state index contributed by atoms with van der Waals surface area (Å²) in [6.07, 6.45) is 0. The molecule has 0 atom stereocenters. The molecule has 0 aromatic carbocycles. The Labute approximate surface area is 98.9 Å². The van der Waals surface area contributed by atoms with Crippen molar-refractivity contribution < 1.29 is 9.90 Å². The fourth-order valence-electron chi connectivity index (χ4n) is 0.192. The summed E-state index contributed by atoms with van der Waals surface area (Å²) in [4.78, 5) is 9.79. The number of halogens is 1. The highest BCUT2D eigenvalue weighted by molar-refractivity contribution is 8.24. The van der Waals surface area contributed by atoms with Crippen LogP contribution < -0.4 is 0 Å². The predicted octanol–water partition coefficient (Wildman–Crippen LogP) is 2.53. The van der Waals surface area contributed by atoms with E-state index in [4.69, 9.17) is 15.8 Å².